The van der Waals surface area contributed by atoms with Crippen molar-refractivity contribution in [3.63, 3.8) is 0 Å². The van der Waals surface area contributed by atoms with Crippen LogP contribution in [0.4, 0.5) is 5.69 Å². The molecule has 0 saturated carbocycles. The van der Waals surface area contributed by atoms with E-state index in [1.54, 1.807) is 30.3 Å². The maximum atomic E-state index is 12.5. The lowest BCUT2D eigenvalue weighted by Gasteiger charge is -2.09. The van der Waals surface area contributed by atoms with Crippen LogP contribution in [0, 0.1) is 6.92 Å². The molecule has 0 atom stereocenters. The Kier molecular flexibility index (Phi) is 6.17. The Bertz CT molecular complexity index is 1750. The number of aromatic nitrogens is 4. The molecular formula is C26H20N6O5. The van der Waals surface area contributed by atoms with Gasteiger partial charge in [-0.2, -0.15) is 0 Å². The summed E-state index contributed by atoms with van der Waals surface area (Å²) in [6.07, 6.45) is 0. The molecule has 5 rings (SSSR count). The molecule has 184 valence electrons. The van der Waals surface area contributed by atoms with Crippen molar-refractivity contribution in [3.8, 4) is 22.9 Å². The van der Waals surface area contributed by atoms with Crippen LogP contribution in [0.3, 0.4) is 0 Å². The second-order valence-electron chi connectivity index (χ2n) is 8.23. The second-order valence-corrected chi connectivity index (χ2v) is 8.23. The Morgan fingerprint density at radius 2 is 1.57 bits per heavy atom. The van der Waals surface area contributed by atoms with Gasteiger partial charge in [-0.05, 0) is 55.5 Å². The monoisotopic (exact) mass is 496 g/mol. The number of fused-ring (bicyclic) bond motifs is 1. The van der Waals surface area contributed by atoms with Gasteiger partial charge >= 0.3 is 0 Å². The first-order valence-electron chi connectivity index (χ1n) is 11.2. The molecule has 0 aliphatic heterocycles. The van der Waals surface area contributed by atoms with Crippen LogP contribution in [0.15, 0.2) is 80.7 Å². The summed E-state index contributed by atoms with van der Waals surface area (Å²) in [6, 6.07) is 18.7. The third-order valence-corrected chi connectivity index (χ3v) is 5.59. The molecule has 0 unspecified atom stereocenters. The van der Waals surface area contributed by atoms with Crippen molar-refractivity contribution >= 4 is 28.3 Å². The van der Waals surface area contributed by atoms with Gasteiger partial charge in [0, 0.05) is 16.7 Å². The van der Waals surface area contributed by atoms with E-state index in [0.717, 1.165) is 11.1 Å². The molecule has 3 aromatic carbocycles. The van der Waals surface area contributed by atoms with Crippen molar-refractivity contribution in [3.05, 3.63) is 98.6 Å². The van der Waals surface area contributed by atoms with Crippen molar-refractivity contribution in [1.29, 1.82) is 0 Å². The number of anilines is 1. The van der Waals surface area contributed by atoms with E-state index in [9.17, 15) is 19.2 Å². The molecular weight excluding hydrogens is 476 g/mol. The topological polar surface area (TPSA) is 163 Å². The largest absolute Gasteiger partial charge is 0.416 e. The van der Waals surface area contributed by atoms with E-state index in [1.807, 2.05) is 31.2 Å². The molecule has 0 bridgehead atoms. The average molecular weight is 496 g/mol. The lowest BCUT2D eigenvalue weighted by atomic mass is 10.1. The van der Waals surface area contributed by atoms with Crippen LogP contribution < -0.4 is 21.8 Å². The van der Waals surface area contributed by atoms with Gasteiger partial charge in [0.25, 0.3) is 17.0 Å². The lowest BCUT2D eigenvalue weighted by molar-refractivity contribution is -0.115. The summed E-state index contributed by atoms with van der Waals surface area (Å²) in [5.74, 6) is -0.331. The van der Waals surface area contributed by atoms with Crippen LogP contribution in [0.5, 0.6) is 0 Å². The number of nitrogens with one attached hydrogen (secondary N) is 4. The highest BCUT2D eigenvalue weighted by atomic mass is 16.4. The van der Waals surface area contributed by atoms with Gasteiger partial charge in [0.1, 0.15) is 0 Å². The zero-order chi connectivity index (χ0) is 25.9. The summed E-state index contributed by atoms with van der Waals surface area (Å²) >= 11 is 0. The van der Waals surface area contributed by atoms with E-state index < -0.39 is 22.9 Å². The molecule has 37 heavy (non-hydrogen) atoms. The summed E-state index contributed by atoms with van der Waals surface area (Å²) < 4.78 is 5.77. The van der Waals surface area contributed by atoms with Crippen LogP contribution in [-0.2, 0) is 4.79 Å². The lowest BCUT2D eigenvalue weighted by Crippen LogP contribution is -2.33. The maximum absolute atomic E-state index is 12.5. The Hall–Kier alpha value is -5.32. The number of aryl methyl sites for hydroxylation is 1. The molecule has 2 aromatic heterocycles. The van der Waals surface area contributed by atoms with Crippen molar-refractivity contribution in [2.45, 2.75) is 6.92 Å². The number of nitrogens with zero attached hydrogens (tertiary/aromatic N) is 2. The van der Waals surface area contributed by atoms with E-state index in [-0.39, 0.29) is 23.0 Å². The summed E-state index contributed by atoms with van der Waals surface area (Å²) in [7, 11) is 0. The average Bonchev–Trinajstić information content (AvgIpc) is 3.40. The molecule has 2 heterocycles. The zero-order valence-corrected chi connectivity index (χ0v) is 19.5. The van der Waals surface area contributed by atoms with Crippen LogP contribution in [0.2, 0.25) is 0 Å². The predicted octanol–water partition coefficient (Wildman–Crippen LogP) is 2.61. The van der Waals surface area contributed by atoms with Gasteiger partial charge in [-0.1, -0.05) is 23.8 Å². The molecule has 5 aromatic rings. The van der Waals surface area contributed by atoms with E-state index >= 15 is 0 Å². The fourth-order valence-corrected chi connectivity index (χ4v) is 3.79. The number of rotatable bonds is 6. The minimum absolute atomic E-state index is 0.0492. The first kappa shape index (κ1) is 23.4. The number of hydrogen-bond donors (Lipinski definition) is 4. The van der Waals surface area contributed by atoms with Gasteiger partial charge in [0.05, 0.1) is 23.0 Å². The molecule has 0 aliphatic carbocycles. The van der Waals surface area contributed by atoms with Gasteiger partial charge in [-0.25, -0.2) is 0 Å². The molecule has 0 aliphatic rings. The molecule has 2 amide bonds. The van der Waals surface area contributed by atoms with Crippen molar-refractivity contribution in [1.82, 2.24) is 25.7 Å². The highest BCUT2D eigenvalue weighted by Crippen LogP contribution is 2.24. The van der Waals surface area contributed by atoms with Gasteiger partial charge in [-0.15, -0.1) is 10.2 Å². The second kappa shape index (κ2) is 9.74. The normalized spacial score (nSPS) is 10.8. The van der Waals surface area contributed by atoms with Crippen molar-refractivity contribution in [2.24, 2.45) is 0 Å². The molecule has 11 nitrogen and oxygen atoms in total. The Morgan fingerprint density at radius 3 is 2.32 bits per heavy atom. The molecule has 0 saturated heterocycles. The summed E-state index contributed by atoms with van der Waals surface area (Å²) in [5, 5.41) is 17.9. The van der Waals surface area contributed by atoms with Crippen molar-refractivity contribution < 1.29 is 14.0 Å². The molecule has 11 heteroatoms. The molecule has 0 radical (unpaired) electrons. The van der Waals surface area contributed by atoms with Gasteiger partial charge in [0.2, 0.25) is 17.7 Å². The first-order valence-corrected chi connectivity index (χ1v) is 11.2. The van der Waals surface area contributed by atoms with E-state index in [4.69, 9.17) is 4.42 Å². The van der Waals surface area contributed by atoms with Crippen molar-refractivity contribution in [2.75, 3.05) is 11.9 Å². The number of carbonyl (C=O) groups is 2. The van der Waals surface area contributed by atoms with Crippen LogP contribution in [0.25, 0.3) is 33.7 Å². The number of amides is 2. The highest BCUT2D eigenvalue weighted by molar-refractivity contribution is 6.04. The smallest absolute Gasteiger partial charge is 0.272 e. The SMILES string of the molecule is Cc1cccc(-c2nnc(-c3ccc(C(=O)NCC(=O)Nc4cccc5c(=O)[nH][nH]c(=O)c45)cc3)o2)c1. The Labute approximate surface area is 208 Å². The number of hydrogen-bond acceptors (Lipinski definition) is 7. The minimum Gasteiger partial charge on any atom is -0.416 e. The van der Waals surface area contributed by atoms with Gasteiger partial charge in [0.15, 0.2) is 0 Å². The van der Waals surface area contributed by atoms with Crippen LogP contribution in [-0.4, -0.2) is 38.8 Å². The quantitative estimate of drug-likeness (QED) is 0.281. The Morgan fingerprint density at radius 1 is 0.865 bits per heavy atom. The summed E-state index contributed by atoms with van der Waals surface area (Å²) in [4.78, 5) is 49.0. The van der Waals surface area contributed by atoms with Gasteiger partial charge < -0.3 is 15.1 Å². The van der Waals surface area contributed by atoms with Gasteiger partial charge in [-0.3, -0.25) is 29.4 Å². The number of aromatic amines is 2. The van der Waals surface area contributed by atoms with E-state index in [1.165, 1.54) is 12.1 Å². The fourth-order valence-electron chi connectivity index (χ4n) is 3.79. The summed E-state index contributed by atoms with van der Waals surface area (Å²) in [5.41, 5.74) is 1.96. The fraction of sp³-hybridized carbons (Fsp3) is 0.0769. The number of benzene rings is 3. The maximum Gasteiger partial charge on any atom is 0.272 e. The minimum atomic E-state index is -0.563. The van der Waals surface area contributed by atoms with Crippen LogP contribution >= 0.6 is 0 Å². The Balaban J connectivity index is 1.23. The molecule has 0 spiro atoms. The van der Waals surface area contributed by atoms with E-state index in [0.29, 0.717) is 22.9 Å². The highest BCUT2D eigenvalue weighted by Gasteiger charge is 2.14. The zero-order valence-electron chi connectivity index (χ0n) is 19.5. The predicted molar refractivity (Wildman–Crippen MR) is 136 cm³/mol. The number of carbonyl (C=O) groups excluding carboxylic acids is 2. The van der Waals surface area contributed by atoms with E-state index in [2.05, 4.69) is 31.0 Å². The third-order valence-electron chi connectivity index (χ3n) is 5.59. The molecule has 0 fully saturated rings. The third kappa shape index (κ3) is 4.91. The number of H-pyrrole nitrogens is 2. The molecule has 4 N–H and O–H groups in total. The van der Waals surface area contributed by atoms with Crippen LogP contribution in [0.1, 0.15) is 15.9 Å². The first-order chi connectivity index (χ1) is 17.9. The standard InChI is InChI=1S/C26H20N6O5/c1-14-4-2-5-17(12-14)26-32-31-25(37-26)16-10-8-15(9-11-16)22(34)27-13-20(33)28-19-7-3-6-18-21(19)24(36)30-29-23(18)35/h2-12H,13H2,1H3,(H,27,34)(H,28,33)(H,29,35)(H,30,36). The summed E-state index contributed by atoms with van der Waals surface area (Å²) in [6.45, 7) is 1.63.